The zero-order chi connectivity index (χ0) is 19.5. The molecule has 0 bridgehead atoms. The van der Waals surface area contributed by atoms with Crippen molar-refractivity contribution >= 4 is 10.9 Å². The van der Waals surface area contributed by atoms with Crippen molar-refractivity contribution in [3.8, 4) is 22.6 Å². The number of hydrogen-bond acceptors (Lipinski definition) is 4. The second-order valence-electron chi connectivity index (χ2n) is 7.28. The molecule has 4 rings (SSSR count). The van der Waals surface area contributed by atoms with Crippen LogP contribution in [0.3, 0.4) is 0 Å². The monoisotopic (exact) mass is 374 g/mol. The zero-order valence-electron chi connectivity index (χ0n) is 16.7. The minimum Gasteiger partial charge on any atom is -0.493 e. The van der Waals surface area contributed by atoms with Crippen molar-refractivity contribution in [1.29, 1.82) is 0 Å². The lowest BCUT2D eigenvalue weighted by Crippen LogP contribution is -2.27. The fraction of sp³-hybridized carbons (Fsp3) is 0.292. The van der Waals surface area contributed by atoms with Crippen molar-refractivity contribution in [3.05, 3.63) is 65.9 Å². The summed E-state index contributed by atoms with van der Waals surface area (Å²) in [4.78, 5) is 7.04. The van der Waals surface area contributed by atoms with Gasteiger partial charge in [0.2, 0.25) is 0 Å². The Morgan fingerprint density at radius 2 is 2.07 bits per heavy atom. The van der Waals surface area contributed by atoms with Gasteiger partial charge >= 0.3 is 0 Å². The van der Waals surface area contributed by atoms with Crippen LogP contribution in [0.2, 0.25) is 0 Å². The smallest absolute Gasteiger partial charge is 0.165 e. The van der Waals surface area contributed by atoms with Crippen LogP contribution < -0.4 is 9.47 Å². The van der Waals surface area contributed by atoms with Crippen LogP contribution in [0.15, 0.2) is 60.3 Å². The van der Waals surface area contributed by atoms with Crippen LogP contribution in [0.25, 0.3) is 22.0 Å². The molecule has 2 heterocycles. The van der Waals surface area contributed by atoms with Crippen LogP contribution in [0, 0.1) is 0 Å². The summed E-state index contributed by atoms with van der Waals surface area (Å²) in [5.74, 6) is 1.64. The lowest BCUT2D eigenvalue weighted by molar-refractivity contribution is 0.235. The van der Waals surface area contributed by atoms with Gasteiger partial charge < -0.3 is 9.47 Å². The summed E-state index contributed by atoms with van der Waals surface area (Å²) in [6, 6.07) is 14.6. The van der Waals surface area contributed by atoms with E-state index in [-0.39, 0.29) is 0 Å². The molecule has 4 nitrogen and oxygen atoms in total. The molecule has 0 radical (unpaired) electrons. The third-order valence-corrected chi connectivity index (χ3v) is 5.29. The second kappa shape index (κ2) is 8.03. The number of rotatable bonds is 4. The van der Waals surface area contributed by atoms with E-state index in [0.717, 1.165) is 58.7 Å². The summed E-state index contributed by atoms with van der Waals surface area (Å²) < 4.78 is 11.8. The molecule has 0 amide bonds. The molecule has 0 N–H and O–H groups in total. The van der Waals surface area contributed by atoms with E-state index < -0.39 is 0 Å². The van der Waals surface area contributed by atoms with E-state index in [9.17, 15) is 0 Å². The van der Waals surface area contributed by atoms with Gasteiger partial charge in [0.1, 0.15) is 6.61 Å². The molecule has 0 saturated heterocycles. The van der Waals surface area contributed by atoms with Crippen molar-refractivity contribution in [1.82, 2.24) is 9.88 Å². The minimum atomic E-state index is 0.664. The Kier molecular flexibility index (Phi) is 5.31. The third kappa shape index (κ3) is 3.73. The fourth-order valence-corrected chi connectivity index (χ4v) is 3.66. The molecule has 1 aliphatic heterocycles. The molecule has 0 atom stereocenters. The molecule has 0 spiro atoms. The summed E-state index contributed by atoms with van der Waals surface area (Å²) >= 11 is 0. The Labute approximate surface area is 166 Å². The van der Waals surface area contributed by atoms with Gasteiger partial charge in [0.05, 0.1) is 12.6 Å². The van der Waals surface area contributed by atoms with E-state index in [1.807, 2.05) is 24.4 Å². The average molecular weight is 374 g/mol. The van der Waals surface area contributed by atoms with Crippen molar-refractivity contribution in [3.63, 3.8) is 0 Å². The Morgan fingerprint density at radius 3 is 2.89 bits per heavy atom. The normalized spacial score (nSPS) is 15.0. The maximum atomic E-state index is 6.08. The van der Waals surface area contributed by atoms with Crippen LogP contribution in [0.5, 0.6) is 11.5 Å². The van der Waals surface area contributed by atoms with Crippen molar-refractivity contribution in [2.45, 2.75) is 20.4 Å². The van der Waals surface area contributed by atoms with Gasteiger partial charge in [0, 0.05) is 42.3 Å². The highest BCUT2D eigenvalue weighted by atomic mass is 16.5. The number of hydrogen-bond donors (Lipinski definition) is 0. The molecular formula is C24H26N2O2. The number of aromatic nitrogens is 1. The molecule has 3 aromatic rings. The molecule has 144 valence electrons. The predicted octanol–water partition coefficient (Wildman–Crippen LogP) is 5.07. The number of pyridine rings is 1. The van der Waals surface area contributed by atoms with Gasteiger partial charge in [-0.15, -0.1) is 0 Å². The van der Waals surface area contributed by atoms with Gasteiger partial charge in [0.25, 0.3) is 0 Å². The molecular weight excluding hydrogens is 348 g/mol. The molecule has 4 heteroatoms. The first-order valence-electron chi connectivity index (χ1n) is 9.71. The number of allylic oxidation sites excluding steroid dienone is 1. The highest BCUT2D eigenvalue weighted by Crippen LogP contribution is 2.38. The number of fused-ring (bicyclic) bond motifs is 2. The molecule has 1 aromatic heterocycles. The average Bonchev–Trinajstić information content (AvgIpc) is 2.94. The first-order valence-corrected chi connectivity index (χ1v) is 9.71. The largest absolute Gasteiger partial charge is 0.493 e. The van der Waals surface area contributed by atoms with Crippen LogP contribution in [-0.2, 0) is 6.54 Å². The van der Waals surface area contributed by atoms with E-state index in [4.69, 9.17) is 9.47 Å². The van der Waals surface area contributed by atoms with Crippen LogP contribution in [0.1, 0.15) is 19.4 Å². The minimum absolute atomic E-state index is 0.664. The lowest BCUT2D eigenvalue weighted by atomic mass is 10.0. The standard InChI is InChI=1S/C24H26N2O2/c1-4-17(2)15-26-9-10-28-24-21(16-26)12-19(13-23(24)27-3)20-11-18-7-5-6-8-22(18)25-14-20/h4-8,11-14H,9-10,15-16H2,1-3H3/b17-4+. The quantitative estimate of drug-likeness (QED) is 0.597. The van der Waals surface area contributed by atoms with Crippen molar-refractivity contribution < 1.29 is 9.47 Å². The zero-order valence-corrected chi connectivity index (χ0v) is 16.7. The SMILES string of the molecule is C/C=C(\C)CN1CCOc2c(cc(-c3cnc4ccccc4c3)cc2OC)C1. The highest BCUT2D eigenvalue weighted by molar-refractivity contribution is 5.84. The molecule has 0 aliphatic carbocycles. The first kappa shape index (κ1) is 18.5. The van der Waals surface area contributed by atoms with Crippen LogP contribution in [-0.4, -0.2) is 36.7 Å². The number of para-hydroxylation sites is 1. The van der Waals surface area contributed by atoms with E-state index in [0.29, 0.717) is 6.61 Å². The van der Waals surface area contributed by atoms with Gasteiger partial charge in [0.15, 0.2) is 11.5 Å². The third-order valence-electron chi connectivity index (χ3n) is 5.29. The maximum Gasteiger partial charge on any atom is 0.165 e. The molecule has 0 saturated carbocycles. The van der Waals surface area contributed by atoms with Gasteiger partial charge in [-0.05, 0) is 43.7 Å². The predicted molar refractivity (Wildman–Crippen MR) is 114 cm³/mol. The van der Waals surface area contributed by atoms with Crippen LogP contribution in [0.4, 0.5) is 0 Å². The number of benzene rings is 2. The van der Waals surface area contributed by atoms with Gasteiger partial charge in [-0.1, -0.05) is 29.8 Å². The fourth-order valence-electron chi connectivity index (χ4n) is 3.66. The van der Waals surface area contributed by atoms with E-state index in [2.05, 4.69) is 54.1 Å². The van der Waals surface area contributed by atoms with E-state index in [1.165, 1.54) is 5.57 Å². The number of methoxy groups -OCH3 is 1. The van der Waals surface area contributed by atoms with Gasteiger partial charge in [-0.3, -0.25) is 9.88 Å². The lowest BCUT2D eigenvalue weighted by Gasteiger charge is -2.20. The number of nitrogens with zero attached hydrogens (tertiary/aromatic N) is 2. The van der Waals surface area contributed by atoms with E-state index >= 15 is 0 Å². The summed E-state index contributed by atoms with van der Waals surface area (Å²) in [5, 5.41) is 1.13. The molecule has 2 aromatic carbocycles. The topological polar surface area (TPSA) is 34.6 Å². The Hall–Kier alpha value is -2.85. The summed E-state index contributed by atoms with van der Waals surface area (Å²) in [7, 11) is 1.70. The number of ether oxygens (including phenoxy) is 2. The Bertz CT molecular complexity index is 1030. The Balaban J connectivity index is 1.75. The van der Waals surface area contributed by atoms with Crippen molar-refractivity contribution in [2.75, 3.05) is 26.8 Å². The van der Waals surface area contributed by atoms with Crippen LogP contribution >= 0.6 is 0 Å². The maximum absolute atomic E-state index is 6.08. The summed E-state index contributed by atoms with van der Waals surface area (Å²) in [5.41, 5.74) is 5.71. The molecule has 0 unspecified atom stereocenters. The molecule has 1 aliphatic rings. The summed E-state index contributed by atoms with van der Waals surface area (Å²) in [6.07, 6.45) is 4.10. The van der Waals surface area contributed by atoms with Gasteiger partial charge in [-0.2, -0.15) is 0 Å². The first-order chi connectivity index (χ1) is 13.7. The Morgan fingerprint density at radius 1 is 1.21 bits per heavy atom. The molecule has 0 fully saturated rings. The second-order valence-corrected chi connectivity index (χ2v) is 7.28. The van der Waals surface area contributed by atoms with E-state index in [1.54, 1.807) is 7.11 Å². The van der Waals surface area contributed by atoms with Crippen molar-refractivity contribution in [2.24, 2.45) is 0 Å². The van der Waals surface area contributed by atoms with Gasteiger partial charge in [-0.25, -0.2) is 0 Å². The molecule has 28 heavy (non-hydrogen) atoms. The summed E-state index contributed by atoms with van der Waals surface area (Å²) in [6.45, 7) is 7.61. The highest BCUT2D eigenvalue weighted by Gasteiger charge is 2.20.